The van der Waals surface area contributed by atoms with Crippen molar-refractivity contribution in [1.29, 1.82) is 0 Å². The lowest BCUT2D eigenvalue weighted by atomic mass is 10.1. The van der Waals surface area contributed by atoms with E-state index in [-0.39, 0.29) is 5.69 Å². The third-order valence-electron chi connectivity index (χ3n) is 1.68. The molecule has 1 atom stereocenters. The fourth-order valence-electron chi connectivity index (χ4n) is 0.786. The minimum absolute atomic E-state index is 0.191. The molecule has 1 aromatic rings. The SMILES string of the molecule is CC(Cl)(c1ccccn1)C(F)(F)F. The van der Waals surface area contributed by atoms with Gasteiger partial charge in [0.05, 0.1) is 5.69 Å². The average Bonchev–Trinajstić information content (AvgIpc) is 2.04. The number of hydrogen-bond acceptors (Lipinski definition) is 1. The van der Waals surface area contributed by atoms with Gasteiger partial charge >= 0.3 is 6.18 Å². The van der Waals surface area contributed by atoms with Crippen LogP contribution < -0.4 is 0 Å². The van der Waals surface area contributed by atoms with Crippen molar-refractivity contribution in [1.82, 2.24) is 4.98 Å². The quantitative estimate of drug-likeness (QED) is 0.648. The van der Waals surface area contributed by atoms with E-state index in [0.717, 1.165) is 6.92 Å². The number of nitrogens with zero attached hydrogens (tertiary/aromatic N) is 1. The summed E-state index contributed by atoms with van der Waals surface area (Å²) in [5.74, 6) is 0. The average molecular weight is 210 g/mol. The van der Waals surface area contributed by atoms with Gasteiger partial charge in [-0.2, -0.15) is 13.2 Å². The van der Waals surface area contributed by atoms with Crippen LogP contribution in [0.5, 0.6) is 0 Å². The summed E-state index contributed by atoms with van der Waals surface area (Å²) in [4.78, 5) is 1.16. The van der Waals surface area contributed by atoms with Gasteiger partial charge in [0.15, 0.2) is 4.87 Å². The van der Waals surface area contributed by atoms with Crippen molar-refractivity contribution in [3.05, 3.63) is 30.1 Å². The molecule has 1 unspecified atom stereocenters. The predicted octanol–water partition coefficient (Wildman–Crippen LogP) is 3.10. The Morgan fingerprint density at radius 3 is 2.31 bits per heavy atom. The van der Waals surface area contributed by atoms with Gasteiger partial charge in [-0.05, 0) is 19.1 Å². The molecular formula is C8H7ClF3N. The summed E-state index contributed by atoms with van der Waals surface area (Å²) in [5, 5.41) is 0. The van der Waals surface area contributed by atoms with Crippen LogP contribution in [0.4, 0.5) is 13.2 Å². The molecule has 13 heavy (non-hydrogen) atoms. The van der Waals surface area contributed by atoms with Gasteiger partial charge in [-0.1, -0.05) is 6.07 Å². The molecule has 0 saturated heterocycles. The van der Waals surface area contributed by atoms with Crippen LogP contribution in [0, 0.1) is 0 Å². The molecule has 1 rings (SSSR count). The second-order valence-corrected chi connectivity index (χ2v) is 3.47. The van der Waals surface area contributed by atoms with E-state index in [1.807, 2.05) is 0 Å². The zero-order chi connectivity index (χ0) is 10.1. The van der Waals surface area contributed by atoms with Gasteiger partial charge in [0, 0.05) is 6.20 Å². The summed E-state index contributed by atoms with van der Waals surface area (Å²) < 4.78 is 37.0. The zero-order valence-corrected chi connectivity index (χ0v) is 7.52. The number of rotatable bonds is 1. The van der Waals surface area contributed by atoms with Gasteiger partial charge in [0.25, 0.3) is 0 Å². The number of alkyl halides is 4. The Kier molecular flexibility index (Phi) is 2.52. The molecule has 0 spiro atoms. The van der Waals surface area contributed by atoms with Crippen LogP contribution in [0.3, 0.4) is 0 Å². The molecule has 0 amide bonds. The first-order valence-corrected chi connectivity index (χ1v) is 3.90. The van der Waals surface area contributed by atoms with Gasteiger partial charge in [-0.25, -0.2) is 0 Å². The summed E-state index contributed by atoms with van der Waals surface area (Å²) in [6.45, 7) is 0.886. The van der Waals surface area contributed by atoms with Crippen molar-refractivity contribution < 1.29 is 13.2 Å². The first kappa shape index (κ1) is 10.3. The molecule has 0 aromatic carbocycles. The van der Waals surface area contributed by atoms with Crippen molar-refractivity contribution in [3.8, 4) is 0 Å². The smallest absolute Gasteiger partial charge is 0.259 e. The first-order chi connectivity index (χ1) is 5.86. The molecule has 0 radical (unpaired) electrons. The lowest BCUT2D eigenvalue weighted by Gasteiger charge is -2.24. The standard InChI is InChI=1S/C8H7ClF3N/c1-7(9,8(10,11)12)6-4-2-3-5-13-6/h2-5H,1H3. The summed E-state index contributed by atoms with van der Waals surface area (Å²) in [6.07, 6.45) is -3.22. The van der Waals surface area contributed by atoms with E-state index in [9.17, 15) is 13.2 Å². The normalized spacial score (nSPS) is 16.7. The molecule has 72 valence electrons. The van der Waals surface area contributed by atoms with Crippen LogP contribution in [0.1, 0.15) is 12.6 Å². The van der Waals surface area contributed by atoms with E-state index in [1.54, 1.807) is 0 Å². The van der Waals surface area contributed by atoms with Crippen LogP contribution >= 0.6 is 11.6 Å². The largest absolute Gasteiger partial charge is 0.412 e. The van der Waals surface area contributed by atoms with Gasteiger partial charge in [0.2, 0.25) is 0 Å². The molecular weight excluding hydrogens is 203 g/mol. The Balaban J connectivity index is 3.08. The maximum atomic E-state index is 12.3. The number of hydrogen-bond donors (Lipinski definition) is 0. The van der Waals surface area contributed by atoms with Gasteiger partial charge in [0.1, 0.15) is 0 Å². The molecule has 5 heteroatoms. The van der Waals surface area contributed by atoms with Crippen LogP contribution in [-0.2, 0) is 4.87 Å². The summed E-state index contributed by atoms with van der Waals surface area (Å²) in [7, 11) is 0. The molecule has 0 aliphatic rings. The van der Waals surface area contributed by atoms with E-state index in [0.29, 0.717) is 0 Å². The summed E-state index contributed by atoms with van der Waals surface area (Å²) >= 11 is 5.35. The van der Waals surface area contributed by atoms with Gasteiger partial charge in [-0.15, -0.1) is 11.6 Å². The van der Waals surface area contributed by atoms with Crippen LogP contribution in [0.15, 0.2) is 24.4 Å². The van der Waals surface area contributed by atoms with Crippen molar-refractivity contribution in [2.75, 3.05) is 0 Å². The fourth-order valence-corrected chi connectivity index (χ4v) is 0.897. The number of halogens is 4. The maximum Gasteiger partial charge on any atom is 0.412 e. The summed E-state index contributed by atoms with van der Waals surface area (Å²) in [6, 6.07) is 4.25. The van der Waals surface area contributed by atoms with Crippen LogP contribution in [0.25, 0.3) is 0 Å². The highest BCUT2D eigenvalue weighted by atomic mass is 35.5. The second-order valence-electron chi connectivity index (χ2n) is 2.72. The molecule has 1 nitrogen and oxygen atoms in total. The minimum Gasteiger partial charge on any atom is -0.259 e. The maximum absolute atomic E-state index is 12.3. The zero-order valence-electron chi connectivity index (χ0n) is 6.77. The Labute approximate surface area is 78.5 Å². The van der Waals surface area contributed by atoms with Crippen molar-refractivity contribution in [2.24, 2.45) is 0 Å². The molecule has 0 saturated carbocycles. The van der Waals surface area contributed by atoms with E-state index in [1.165, 1.54) is 24.4 Å². The topological polar surface area (TPSA) is 12.9 Å². The minimum atomic E-state index is -4.50. The fraction of sp³-hybridized carbons (Fsp3) is 0.375. The van der Waals surface area contributed by atoms with Gasteiger partial charge < -0.3 is 0 Å². The predicted molar refractivity (Wildman–Crippen MR) is 43.5 cm³/mol. The molecule has 1 heterocycles. The highest BCUT2D eigenvalue weighted by molar-refractivity contribution is 6.24. The molecule has 0 aliphatic carbocycles. The van der Waals surface area contributed by atoms with Crippen LogP contribution in [-0.4, -0.2) is 11.2 Å². The van der Waals surface area contributed by atoms with E-state index >= 15 is 0 Å². The third kappa shape index (κ3) is 1.94. The molecule has 0 N–H and O–H groups in total. The second kappa shape index (κ2) is 3.18. The van der Waals surface area contributed by atoms with Crippen molar-refractivity contribution in [2.45, 2.75) is 18.0 Å². The Morgan fingerprint density at radius 1 is 1.31 bits per heavy atom. The molecule has 0 bridgehead atoms. The van der Waals surface area contributed by atoms with Crippen molar-refractivity contribution in [3.63, 3.8) is 0 Å². The lowest BCUT2D eigenvalue weighted by molar-refractivity contribution is -0.161. The first-order valence-electron chi connectivity index (χ1n) is 3.53. The summed E-state index contributed by atoms with van der Waals surface area (Å²) in [5.41, 5.74) is -0.191. The molecule has 0 aliphatic heterocycles. The Hall–Kier alpha value is -0.770. The van der Waals surface area contributed by atoms with Crippen LogP contribution in [0.2, 0.25) is 0 Å². The highest BCUT2D eigenvalue weighted by Crippen LogP contribution is 2.43. The van der Waals surface area contributed by atoms with E-state index in [2.05, 4.69) is 4.98 Å². The highest BCUT2D eigenvalue weighted by Gasteiger charge is 2.52. The monoisotopic (exact) mass is 209 g/mol. The van der Waals surface area contributed by atoms with E-state index in [4.69, 9.17) is 11.6 Å². The molecule has 0 fully saturated rings. The Morgan fingerprint density at radius 2 is 1.92 bits per heavy atom. The number of aromatic nitrogens is 1. The van der Waals surface area contributed by atoms with Gasteiger partial charge in [-0.3, -0.25) is 4.98 Å². The molecule has 1 aromatic heterocycles. The number of pyridine rings is 1. The van der Waals surface area contributed by atoms with Crippen molar-refractivity contribution >= 4 is 11.6 Å². The van der Waals surface area contributed by atoms with E-state index < -0.39 is 11.1 Å². The third-order valence-corrected chi connectivity index (χ3v) is 2.09. The lowest BCUT2D eigenvalue weighted by Crippen LogP contribution is -2.34. The Bertz CT molecular complexity index is 281.